The lowest BCUT2D eigenvalue weighted by Gasteiger charge is -2.05. The van der Waals surface area contributed by atoms with Gasteiger partial charge in [0.15, 0.2) is 0 Å². The van der Waals surface area contributed by atoms with Crippen LogP contribution in [0.25, 0.3) is 0 Å². The summed E-state index contributed by atoms with van der Waals surface area (Å²) in [5.74, 6) is -0.805. The molecule has 1 unspecified atom stereocenters. The lowest BCUT2D eigenvalue weighted by Crippen LogP contribution is -2.09. The molecule has 1 atom stereocenters. The van der Waals surface area contributed by atoms with Crippen LogP contribution in [0.5, 0.6) is 0 Å². The number of nitrogens with two attached hydrogens (primary N) is 1. The predicted octanol–water partition coefficient (Wildman–Crippen LogP) is 1.14. The monoisotopic (exact) mass is 177 g/mol. The third kappa shape index (κ3) is 2.15. The Morgan fingerprint density at radius 3 is 2.31 bits per heavy atom. The second-order valence-electron chi connectivity index (χ2n) is 2.89. The molecule has 1 aromatic carbocycles. The lowest BCUT2D eigenvalue weighted by molar-refractivity contribution is -0.122. The average Bonchev–Trinajstić information content (AvgIpc) is 2.09. The fourth-order valence-corrected chi connectivity index (χ4v) is 1.11. The maximum atomic E-state index is 11.0. The van der Waals surface area contributed by atoms with Gasteiger partial charge in [-0.15, -0.1) is 0 Å². The van der Waals surface area contributed by atoms with E-state index in [1.165, 1.54) is 6.92 Å². The van der Waals surface area contributed by atoms with Crippen LogP contribution in [0, 0.1) is 0 Å². The van der Waals surface area contributed by atoms with Crippen molar-refractivity contribution in [3.05, 3.63) is 29.8 Å². The molecule has 2 N–H and O–H groups in total. The zero-order chi connectivity index (χ0) is 9.84. The number of benzene rings is 1. The van der Waals surface area contributed by atoms with Crippen LogP contribution in [-0.2, 0) is 9.59 Å². The number of carbonyl (C=O) groups is 2. The van der Waals surface area contributed by atoms with E-state index in [1.54, 1.807) is 24.3 Å². The van der Waals surface area contributed by atoms with Gasteiger partial charge in [0.25, 0.3) is 0 Å². The third-order valence-electron chi connectivity index (χ3n) is 1.87. The Hall–Kier alpha value is -1.64. The van der Waals surface area contributed by atoms with E-state index in [4.69, 9.17) is 5.73 Å². The predicted molar refractivity (Wildman–Crippen MR) is 50.3 cm³/mol. The fourth-order valence-electron chi connectivity index (χ4n) is 1.11. The molecule has 13 heavy (non-hydrogen) atoms. The van der Waals surface area contributed by atoms with Crippen LogP contribution in [0.3, 0.4) is 0 Å². The van der Waals surface area contributed by atoms with E-state index >= 15 is 0 Å². The van der Waals surface area contributed by atoms with Gasteiger partial charge in [0.2, 0.25) is 0 Å². The summed E-state index contributed by atoms with van der Waals surface area (Å²) in [6.07, 6.45) is 0.647. The highest BCUT2D eigenvalue weighted by Gasteiger charge is 2.14. The molecule has 0 radical (unpaired) electrons. The van der Waals surface area contributed by atoms with Crippen molar-refractivity contribution in [1.82, 2.24) is 0 Å². The summed E-state index contributed by atoms with van der Waals surface area (Å²) in [7, 11) is 0. The highest BCUT2D eigenvalue weighted by molar-refractivity contribution is 5.97. The van der Waals surface area contributed by atoms with Gasteiger partial charge < -0.3 is 10.5 Å². The quantitative estimate of drug-likeness (QED) is 0.428. The molecule has 3 nitrogen and oxygen atoms in total. The first kappa shape index (κ1) is 9.45. The molecule has 0 aliphatic heterocycles. The first-order valence-corrected chi connectivity index (χ1v) is 3.96. The number of hydrogen-bond donors (Lipinski definition) is 1. The minimum Gasteiger partial charge on any atom is -0.399 e. The summed E-state index contributed by atoms with van der Waals surface area (Å²) in [5.41, 5.74) is 6.78. The van der Waals surface area contributed by atoms with Crippen molar-refractivity contribution in [1.29, 1.82) is 0 Å². The molecule has 0 saturated heterocycles. The van der Waals surface area contributed by atoms with E-state index < -0.39 is 5.92 Å². The van der Waals surface area contributed by atoms with Crippen LogP contribution in [0.1, 0.15) is 18.4 Å². The van der Waals surface area contributed by atoms with E-state index in [0.717, 1.165) is 0 Å². The van der Waals surface area contributed by atoms with Crippen molar-refractivity contribution in [2.45, 2.75) is 12.8 Å². The number of rotatable bonds is 3. The van der Waals surface area contributed by atoms with Crippen molar-refractivity contribution >= 4 is 17.8 Å². The molecule has 0 fully saturated rings. The Morgan fingerprint density at radius 1 is 1.38 bits per heavy atom. The average molecular weight is 177 g/mol. The molecule has 68 valence electrons. The second-order valence-corrected chi connectivity index (χ2v) is 2.89. The summed E-state index contributed by atoms with van der Waals surface area (Å²) in [4.78, 5) is 21.6. The lowest BCUT2D eigenvalue weighted by atomic mass is 9.97. The number of nitrogen functional groups attached to an aromatic ring is 1. The Labute approximate surface area is 76.6 Å². The van der Waals surface area contributed by atoms with Gasteiger partial charge in [-0.25, -0.2) is 0 Å². The van der Waals surface area contributed by atoms with Crippen LogP contribution in [0.2, 0.25) is 0 Å². The number of carbonyl (C=O) groups excluding carboxylic acids is 2. The largest absolute Gasteiger partial charge is 0.399 e. The van der Waals surface area contributed by atoms with Gasteiger partial charge in [0, 0.05) is 5.69 Å². The molecule has 0 aromatic heterocycles. The van der Waals surface area contributed by atoms with Gasteiger partial charge in [0.05, 0.1) is 5.92 Å². The Bertz CT molecular complexity index is 316. The number of hydrogen-bond acceptors (Lipinski definition) is 3. The van der Waals surface area contributed by atoms with Crippen LogP contribution in [0.15, 0.2) is 24.3 Å². The fraction of sp³-hybridized carbons (Fsp3) is 0.200. The molecule has 0 aliphatic carbocycles. The highest BCUT2D eigenvalue weighted by atomic mass is 16.1. The minimum absolute atomic E-state index is 0.153. The molecule has 0 saturated carbocycles. The van der Waals surface area contributed by atoms with Gasteiger partial charge >= 0.3 is 0 Å². The molecule has 0 heterocycles. The van der Waals surface area contributed by atoms with Crippen molar-refractivity contribution in [3.63, 3.8) is 0 Å². The molecular formula is C10H11NO2. The van der Waals surface area contributed by atoms with E-state index in [1.807, 2.05) is 0 Å². The molecule has 0 bridgehead atoms. The van der Waals surface area contributed by atoms with E-state index in [2.05, 4.69) is 0 Å². The van der Waals surface area contributed by atoms with Crippen LogP contribution in [0.4, 0.5) is 5.69 Å². The minimum atomic E-state index is -0.652. The van der Waals surface area contributed by atoms with Crippen LogP contribution < -0.4 is 5.73 Å². The number of Topliss-reactive ketones (excluding diaryl/α,β-unsaturated/α-hetero) is 1. The molecule has 0 amide bonds. The van der Waals surface area contributed by atoms with E-state index in [0.29, 0.717) is 17.5 Å². The van der Waals surface area contributed by atoms with E-state index in [-0.39, 0.29) is 5.78 Å². The normalized spacial score (nSPS) is 12.1. The first-order valence-electron chi connectivity index (χ1n) is 3.96. The second kappa shape index (κ2) is 3.85. The van der Waals surface area contributed by atoms with E-state index in [9.17, 15) is 9.59 Å². The molecule has 1 rings (SSSR count). The van der Waals surface area contributed by atoms with Crippen molar-refractivity contribution < 1.29 is 9.59 Å². The molecule has 0 spiro atoms. The van der Waals surface area contributed by atoms with Crippen molar-refractivity contribution in [2.75, 3.05) is 5.73 Å². The summed E-state index contributed by atoms with van der Waals surface area (Å²) in [6.45, 7) is 1.40. The first-order chi connectivity index (χ1) is 6.15. The molecule has 1 aromatic rings. The van der Waals surface area contributed by atoms with Crippen LogP contribution >= 0.6 is 0 Å². The van der Waals surface area contributed by atoms with Gasteiger partial charge in [-0.05, 0) is 24.6 Å². The summed E-state index contributed by atoms with van der Waals surface area (Å²) >= 11 is 0. The number of ketones is 1. The van der Waals surface area contributed by atoms with Gasteiger partial charge in [-0.1, -0.05) is 12.1 Å². The number of anilines is 1. The van der Waals surface area contributed by atoms with Crippen molar-refractivity contribution in [2.24, 2.45) is 0 Å². The standard InChI is InChI=1S/C10H11NO2/c1-7(13)10(6-12)8-2-4-9(11)5-3-8/h2-6,10H,11H2,1H3. The number of aldehydes is 1. The zero-order valence-electron chi connectivity index (χ0n) is 7.36. The third-order valence-corrected chi connectivity index (χ3v) is 1.87. The maximum absolute atomic E-state index is 11.0. The molecule has 3 heteroatoms. The topological polar surface area (TPSA) is 60.2 Å². The Balaban J connectivity index is 2.99. The Morgan fingerprint density at radius 2 is 1.92 bits per heavy atom. The van der Waals surface area contributed by atoms with Gasteiger partial charge in [0.1, 0.15) is 12.1 Å². The SMILES string of the molecule is CC(=O)C(C=O)c1ccc(N)cc1. The maximum Gasteiger partial charge on any atom is 0.144 e. The highest BCUT2D eigenvalue weighted by Crippen LogP contribution is 2.15. The van der Waals surface area contributed by atoms with Crippen molar-refractivity contribution in [3.8, 4) is 0 Å². The smallest absolute Gasteiger partial charge is 0.144 e. The Kier molecular flexibility index (Phi) is 2.80. The summed E-state index contributed by atoms with van der Waals surface area (Å²) in [5, 5.41) is 0. The summed E-state index contributed by atoms with van der Waals surface area (Å²) in [6, 6.07) is 6.73. The molecule has 0 aliphatic rings. The zero-order valence-corrected chi connectivity index (χ0v) is 7.36. The van der Waals surface area contributed by atoms with Gasteiger partial charge in [-0.3, -0.25) is 4.79 Å². The van der Waals surface area contributed by atoms with Gasteiger partial charge in [-0.2, -0.15) is 0 Å². The summed E-state index contributed by atoms with van der Waals surface area (Å²) < 4.78 is 0. The van der Waals surface area contributed by atoms with Crippen LogP contribution in [-0.4, -0.2) is 12.1 Å². The molecular weight excluding hydrogens is 166 g/mol.